The molecule has 0 unspecified atom stereocenters. The standard InChI is InChI=1S/C19H26N4O3S/c1-21(27(25,26)18-8-6-16(14-20)7-9-18)15-19(24)23-12-10-22(11-13-23)17-4-2-3-5-17/h6-9,17H,2-5,10-13,15H2,1H3. The number of amides is 1. The van der Waals surface area contributed by atoms with Crippen LogP contribution in [0.2, 0.25) is 0 Å². The van der Waals surface area contributed by atoms with Crippen molar-refractivity contribution < 1.29 is 13.2 Å². The highest BCUT2D eigenvalue weighted by Gasteiger charge is 2.30. The van der Waals surface area contributed by atoms with Crippen molar-refractivity contribution >= 4 is 15.9 Å². The first-order valence-electron chi connectivity index (χ1n) is 9.40. The summed E-state index contributed by atoms with van der Waals surface area (Å²) in [5.74, 6) is -0.166. The fourth-order valence-electron chi connectivity index (χ4n) is 3.86. The van der Waals surface area contributed by atoms with E-state index in [2.05, 4.69) is 4.90 Å². The average molecular weight is 391 g/mol. The molecule has 1 heterocycles. The minimum absolute atomic E-state index is 0.0860. The normalized spacial score (nSPS) is 19.4. The predicted molar refractivity (Wildman–Crippen MR) is 101 cm³/mol. The molecule has 1 aliphatic heterocycles. The molecule has 146 valence electrons. The van der Waals surface area contributed by atoms with E-state index >= 15 is 0 Å². The van der Waals surface area contributed by atoms with Crippen LogP contribution >= 0.6 is 0 Å². The van der Waals surface area contributed by atoms with E-state index in [1.807, 2.05) is 6.07 Å². The molecule has 0 atom stereocenters. The summed E-state index contributed by atoms with van der Waals surface area (Å²) in [5.41, 5.74) is 0.396. The van der Waals surface area contributed by atoms with Crippen LogP contribution in [0.5, 0.6) is 0 Å². The fraction of sp³-hybridized carbons (Fsp3) is 0.579. The number of hydrogen-bond donors (Lipinski definition) is 0. The number of piperazine rings is 1. The zero-order chi connectivity index (χ0) is 19.4. The molecule has 0 N–H and O–H groups in total. The van der Waals surface area contributed by atoms with Gasteiger partial charge >= 0.3 is 0 Å². The van der Waals surface area contributed by atoms with Crippen molar-refractivity contribution in [2.75, 3.05) is 39.8 Å². The van der Waals surface area contributed by atoms with Crippen molar-refractivity contribution in [3.05, 3.63) is 29.8 Å². The highest BCUT2D eigenvalue weighted by atomic mass is 32.2. The molecule has 1 aliphatic carbocycles. The van der Waals surface area contributed by atoms with Crippen LogP contribution in [0.1, 0.15) is 31.2 Å². The molecule has 0 radical (unpaired) electrons. The van der Waals surface area contributed by atoms with Gasteiger partial charge in [0.05, 0.1) is 23.1 Å². The quantitative estimate of drug-likeness (QED) is 0.756. The molecule has 0 aromatic heterocycles. The molecule has 1 aromatic carbocycles. The largest absolute Gasteiger partial charge is 0.339 e. The van der Waals surface area contributed by atoms with Gasteiger partial charge in [0.25, 0.3) is 0 Å². The Labute approximate surface area is 161 Å². The van der Waals surface area contributed by atoms with E-state index in [9.17, 15) is 13.2 Å². The van der Waals surface area contributed by atoms with E-state index in [-0.39, 0.29) is 17.3 Å². The van der Waals surface area contributed by atoms with E-state index in [0.29, 0.717) is 24.7 Å². The van der Waals surface area contributed by atoms with Gasteiger partial charge in [0.1, 0.15) is 0 Å². The maximum atomic E-state index is 12.6. The lowest BCUT2D eigenvalue weighted by molar-refractivity contribution is -0.133. The minimum Gasteiger partial charge on any atom is -0.339 e. The minimum atomic E-state index is -3.76. The molecular weight excluding hydrogens is 364 g/mol. The van der Waals surface area contributed by atoms with Crippen LogP contribution in [-0.4, -0.2) is 74.2 Å². The Morgan fingerprint density at radius 2 is 1.74 bits per heavy atom. The lowest BCUT2D eigenvalue weighted by Gasteiger charge is -2.38. The predicted octanol–water partition coefficient (Wildman–Crippen LogP) is 1.27. The lowest BCUT2D eigenvalue weighted by atomic mass is 10.2. The topological polar surface area (TPSA) is 84.7 Å². The number of carbonyl (C=O) groups is 1. The van der Waals surface area contributed by atoms with Crippen molar-refractivity contribution in [2.24, 2.45) is 0 Å². The number of nitriles is 1. The Balaban J connectivity index is 1.56. The van der Waals surface area contributed by atoms with Gasteiger partial charge in [0, 0.05) is 39.3 Å². The second-order valence-electron chi connectivity index (χ2n) is 7.25. The molecule has 7 nitrogen and oxygen atoms in total. The van der Waals surface area contributed by atoms with Gasteiger partial charge in [-0.3, -0.25) is 9.69 Å². The first kappa shape index (κ1) is 19.8. The zero-order valence-electron chi connectivity index (χ0n) is 15.7. The van der Waals surface area contributed by atoms with Gasteiger partial charge in [-0.15, -0.1) is 0 Å². The first-order valence-corrected chi connectivity index (χ1v) is 10.8. The third-order valence-corrected chi connectivity index (χ3v) is 7.38. The van der Waals surface area contributed by atoms with Gasteiger partial charge in [-0.1, -0.05) is 12.8 Å². The Hall–Kier alpha value is -1.95. The number of carbonyl (C=O) groups excluding carboxylic acids is 1. The SMILES string of the molecule is CN(CC(=O)N1CCN(C2CCCC2)CC1)S(=O)(=O)c1ccc(C#N)cc1. The molecule has 0 spiro atoms. The van der Waals surface area contributed by atoms with Gasteiger partial charge in [-0.05, 0) is 37.1 Å². The van der Waals surface area contributed by atoms with Crippen molar-refractivity contribution in [3.63, 3.8) is 0 Å². The van der Waals surface area contributed by atoms with Crippen LogP contribution in [0, 0.1) is 11.3 Å². The monoisotopic (exact) mass is 390 g/mol. The Morgan fingerprint density at radius 1 is 1.15 bits per heavy atom. The second kappa shape index (κ2) is 8.38. The van der Waals surface area contributed by atoms with Gasteiger partial charge in [-0.2, -0.15) is 9.57 Å². The third-order valence-electron chi connectivity index (χ3n) is 5.56. The van der Waals surface area contributed by atoms with Crippen LogP contribution in [0.25, 0.3) is 0 Å². The van der Waals surface area contributed by atoms with Crippen molar-refractivity contribution in [2.45, 2.75) is 36.6 Å². The number of benzene rings is 1. The van der Waals surface area contributed by atoms with Gasteiger partial charge < -0.3 is 4.90 Å². The molecule has 3 rings (SSSR count). The summed E-state index contributed by atoms with van der Waals surface area (Å²) in [7, 11) is -2.34. The summed E-state index contributed by atoms with van der Waals surface area (Å²) in [6.45, 7) is 2.86. The van der Waals surface area contributed by atoms with Crippen LogP contribution in [-0.2, 0) is 14.8 Å². The molecule has 2 aliphatic rings. The van der Waals surface area contributed by atoms with E-state index in [1.54, 1.807) is 4.90 Å². The molecule has 1 amide bonds. The average Bonchev–Trinajstić information content (AvgIpc) is 3.23. The molecule has 0 bridgehead atoms. The smallest absolute Gasteiger partial charge is 0.243 e. The summed E-state index contributed by atoms with van der Waals surface area (Å²) in [5, 5.41) is 8.83. The first-order chi connectivity index (χ1) is 12.9. The van der Waals surface area contributed by atoms with Gasteiger partial charge in [0.15, 0.2) is 0 Å². The molecule has 2 fully saturated rings. The summed E-state index contributed by atoms with van der Waals surface area (Å²) in [6, 6.07) is 8.34. The van der Waals surface area contributed by atoms with E-state index in [0.717, 1.165) is 17.4 Å². The maximum Gasteiger partial charge on any atom is 0.243 e. The molecule has 1 saturated carbocycles. The highest BCUT2D eigenvalue weighted by molar-refractivity contribution is 7.89. The molecular formula is C19H26N4O3S. The lowest BCUT2D eigenvalue weighted by Crippen LogP contribution is -2.53. The van der Waals surface area contributed by atoms with Crippen LogP contribution < -0.4 is 0 Å². The van der Waals surface area contributed by atoms with Crippen LogP contribution in [0.3, 0.4) is 0 Å². The summed E-state index contributed by atoms with van der Waals surface area (Å²) in [6.07, 6.45) is 5.09. The summed E-state index contributed by atoms with van der Waals surface area (Å²) < 4.78 is 26.4. The van der Waals surface area contributed by atoms with Crippen molar-refractivity contribution in [1.29, 1.82) is 5.26 Å². The maximum absolute atomic E-state index is 12.6. The van der Waals surface area contributed by atoms with Crippen LogP contribution in [0.4, 0.5) is 0 Å². The number of rotatable bonds is 5. The third kappa shape index (κ3) is 4.49. The van der Waals surface area contributed by atoms with Gasteiger partial charge in [-0.25, -0.2) is 8.42 Å². The van der Waals surface area contributed by atoms with E-state index < -0.39 is 10.0 Å². The number of likely N-dealkylation sites (N-methyl/N-ethyl adjacent to an activating group) is 1. The van der Waals surface area contributed by atoms with Crippen LogP contribution in [0.15, 0.2) is 29.2 Å². The number of nitrogens with zero attached hydrogens (tertiary/aromatic N) is 4. The second-order valence-corrected chi connectivity index (χ2v) is 9.30. The highest BCUT2D eigenvalue weighted by Crippen LogP contribution is 2.24. The van der Waals surface area contributed by atoms with Crippen molar-refractivity contribution in [1.82, 2.24) is 14.1 Å². The number of sulfonamides is 1. The van der Waals surface area contributed by atoms with E-state index in [1.165, 1.54) is 57.0 Å². The molecule has 1 saturated heterocycles. The summed E-state index contributed by atoms with van der Waals surface area (Å²) >= 11 is 0. The summed E-state index contributed by atoms with van der Waals surface area (Å²) in [4.78, 5) is 16.9. The Morgan fingerprint density at radius 3 is 2.30 bits per heavy atom. The molecule has 1 aromatic rings. The Kier molecular flexibility index (Phi) is 6.15. The molecule has 27 heavy (non-hydrogen) atoms. The van der Waals surface area contributed by atoms with E-state index in [4.69, 9.17) is 5.26 Å². The number of hydrogen-bond acceptors (Lipinski definition) is 5. The van der Waals surface area contributed by atoms with Gasteiger partial charge in [0.2, 0.25) is 15.9 Å². The molecule has 8 heteroatoms. The zero-order valence-corrected chi connectivity index (χ0v) is 16.5. The van der Waals surface area contributed by atoms with Crippen molar-refractivity contribution in [3.8, 4) is 6.07 Å². The fourth-order valence-corrected chi connectivity index (χ4v) is 4.98. The Bertz CT molecular complexity index is 802.